The first kappa shape index (κ1) is 22.1. The standard InChI is InChI=1S/C24H24N4O5/c1-15(2)33-24(30)22-16(3)25-20-13-21(29)26(14-17-8-5-4-6-9-17)27(20)23(22)18-10-7-11-19(12-18)28(31)32/h4-13,15,23,25H,14H2,1-3H3. The second-order valence-electron chi connectivity index (χ2n) is 8.13. The van der Waals surface area contributed by atoms with E-state index in [9.17, 15) is 19.7 Å². The van der Waals surface area contributed by atoms with Crippen LogP contribution in [0, 0.1) is 10.1 Å². The Morgan fingerprint density at radius 1 is 1.15 bits per heavy atom. The van der Waals surface area contributed by atoms with Gasteiger partial charge in [0.2, 0.25) is 0 Å². The average molecular weight is 448 g/mol. The number of nitrogens with one attached hydrogen (secondary N) is 1. The highest BCUT2D eigenvalue weighted by Gasteiger charge is 2.36. The lowest BCUT2D eigenvalue weighted by Crippen LogP contribution is -2.35. The monoisotopic (exact) mass is 448 g/mol. The molecule has 0 bridgehead atoms. The Labute approximate surface area is 190 Å². The highest BCUT2D eigenvalue weighted by Crippen LogP contribution is 2.37. The number of benzene rings is 2. The number of hydrogen-bond acceptors (Lipinski definition) is 6. The van der Waals surface area contributed by atoms with Crippen LogP contribution in [0.1, 0.15) is 37.9 Å². The smallest absolute Gasteiger partial charge is 0.338 e. The van der Waals surface area contributed by atoms with E-state index in [-0.39, 0.29) is 29.5 Å². The van der Waals surface area contributed by atoms with E-state index in [4.69, 9.17) is 4.74 Å². The number of anilines is 1. The summed E-state index contributed by atoms with van der Waals surface area (Å²) in [5.74, 6) is -0.0596. The molecule has 0 saturated heterocycles. The summed E-state index contributed by atoms with van der Waals surface area (Å²) in [5.41, 5.74) is 1.84. The Bertz CT molecular complexity index is 1300. The van der Waals surface area contributed by atoms with Crippen molar-refractivity contribution >= 4 is 17.5 Å². The van der Waals surface area contributed by atoms with E-state index >= 15 is 0 Å². The van der Waals surface area contributed by atoms with Crippen molar-refractivity contribution in [2.45, 2.75) is 39.5 Å². The minimum Gasteiger partial charge on any atom is -0.459 e. The number of ether oxygens (including phenoxy) is 1. The summed E-state index contributed by atoms with van der Waals surface area (Å²) in [5, 5.41) is 14.6. The van der Waals surface area contributed by atoms with Crippen LogP contribution >= 0.6 is 0 Å². The lowest BCUT2D eigenvalue weighted by Gasteiger charge is -2.32. The number of allylic oxidation sites excluding steroid dienone is 1. The predicted molar refractivity (Wildman–Crippen MR) is 123 cm³/mol. The predicted octanol–water partition coefficient (Wildman–Crippen LogP) is 3.85. The Morgan fingerprint density at radius 2 is 1.88 bits per heavy atom. The van der Waals surface area contributed by atoms with Crippen LogP contribution in [0.25, 0.3) is 0 Å². The second-order valence-corrected chi connectivity index (χ2v) is 8.13. The molecule has 3 aromatic rings. The van der Waals surface area contributed by atoms with Crippen LogP contribution in [0.5, 0.6) is 0 Å². The molecule has 1 unspecified atom stereocenters. The summed E-state index contributed by atoms with van der Waals surface area (Å²) in [4.78, 5) is 37.1. The van der Waals surface area contributed by atoms with Gasteiger partial charge in [-0.1, -0.05) is 42.5 Å². The largest absolute Gasteiger partial charge is 0.459 e. The number of rotatable bonds is 6. The molecule has 1 atom stereocenters. The lowest BCUT2D eigenvalue weighted by molar-refractivity contribution is -0.384. The van der Waals surface area contributed by atoms with Gasteiger partial charge >= 0.3 is 5.97 Å². The van der Waals surface area contributed by atoms with Crippen molar-refractivity contribution in [1.29, 1.82) is 0 Å². The summed E-state index contributed by atoms with van der Waals surface area (Å²) in [6.45, 7) is 5.49. The number of nitro benzene ring substituents is 1. The van der Waals surface area contributed by atoms with Gasteiger partial charge in [0.15, 0.2) is 0 Å². The average Bonchev–Trinajstić information content (AvgIpc) is 3.07. The molecule has 1 aromatic heterocycles. The number of carbonyl (C=O) groups is 1. The van der Waals surface area contributed by atoms with Crippen LogP contribution in [0.4, 0.5) is 11.5 Å². The second kappa shape index (κ2) is 8.78. The molecule has 4 rings (SSSR count). The number of carbonyl (C=O) groups excluding carboxylic acids is 1. The van der Waals surface area contributed by atoms with E-state index in [0.29, 0.717) is 17.1 Å². The minimum absolute atomic E-state index is 0.106. The fraction of sp³-hybridized carbons (Fsp3) is 0.250. The normalized spacial score (nSPS) is 15.2. The number of nitro groups is 1. The first-order chi connectivity index (χ1) is 15.8. The molecule has 9 heteroatoms. The quantitative estimate of drug-likeness (QED) is 0.349. The van der Waals surface area contributed by atoms with Gasteiger partial charge in [-0.2, -0.15) is 0 Å². The first-order valence-electron chi connectivity index (χ1n) is 10.6. The third-order valence-electron chi connectivity index (χ3n) is 5.39. The topological polar surface area (TPSA) is 108 Å². The molecular formula is C24H24N4O5. The van der Waals surface area contributed by atoms with E-state index in [1.54, 1.807) is 37.6 Å². The molecule has 2 heterocycles. The number of esters is 1. The van der Waals surface area contributed by atoms with Crippen molar-refractivity contribution in [2.75, 3.05) is 5.32 Å². The van der Waals surface area contributed by atoms with Crippen LogP contribution in [0.15, 0.2) is 76.7 Å². The van der Waals surface area contributed by atoms with Crippen LogP contribution in [0.3, 0.4) is 0 Å². The van der Waals surface area contributed by atoms with Gasteiger partial charge in [-0.25, -0.2) is 9.48 Å². The molecule has 0 saturated carbocycles. The van der Waals surface area contributed by atoms with Gasteiger partial charge in [-0.15, -0.1) is 0 Å². The number of fused-ring (bicyclic) bond motifs is 1. The van der Waals surface area contributed by atoms with E-state index in [1.165, 1.54) is 22.9 Å². The molecule has 1 N–H and O–H groups in total. The number of hydrogen-bond donors (Lipinski definition) is 1. The van der Waals surface area contributed by atoms with Crippen LogP contribution in [0.2, 0.25) is 0 Å². The molecule has 0 fully saturated rings. The molecule has 0 aliphatic carbocycles. The Kier molecular flexibility index (Phi) is 5.87. The van der Waals surface area contributed by atoms with Gasteiger partial charge in [0.05, 0.1) is 23.1 Å². The highest BCUT2D eigenvalue weighted by atomic mass is 16.6. The van der Waals surface area contributed by atoms with E-state index in [1.807, 2.05) is 30.3 Å². The number of non-ortho nitro benzene ring substituents is 1. The van der Waals surface area contributed by atoms with Crippen molar-refractivity contribution in [3.63, 3.8) is 0 Å². The van der Waals surface area contributed by atoms with E-state index in [0.717, 1.165) is 5.56 Å². The molecule has 0 radical (unpaired) electrons. The maximum absolute atomic E-state index is 13.2. The van der Waals surface area contributed by atoms with Crippen LogP contribution in [-0.2, 0) is 16.1 Å². The molecule has 0 spiro atoms. The first-order valence-corrected chi connectivity index (χ1v) is 10.6. The fourth-order valence-electron chi connectivity index (χ4n) is 4.02. The van der Waals surface area contributed by atoms with Gasteiger partial charge < -0.3 is 10.1 Å². The van der Waals surface area contributed by atoms with Gasteiger partial charge in [0, 0.05) is 23.9 Å². The zero-order chi connectivity index (χ0) is 23.7. The van der Waals surface area contributed by atoms with Crippen molar-refractivity contribution in [3.05, 3.63) is 104 Å². The summed E-state index contributed by atoms with van der Waals surface area (Å²) >= 11 is 0. The van der Waals surface area contributed by atoms with Gasteiger partial charge in [0.1, 0.15) is 11.9 Å². The summed E-state index contributed by atoms with van der Waals surface area (Å²) in [6.07, 6.45) is -0.360. The van der Waals surface area contributed by atoms with Gasteiger partial charge in [-0.3, -0.25) is 19.6 Å². The molecule has 2 aromatic carbocycles. The SMILES string of the molecule is CC1=C(C(=O)OC(C)C)C(c2cccc([N+](=O)[O-])c2)n2c(cc(=O)n2Cc2ccccc2)N1. The van der Waals surface area contributed by atoms with Crippen LogP contribution in [-0.4, -0.2) is 26.4 Å². The highest BCUT2D eigenvalue weighted by molar-refractivity contribution is 5.92. The van der Waals surface area contributed by atoms with Gasteiger partial charge in [-0.05, 0) is 31.9 Å². The number of nitrogens with zero attached hydrogens (tertiary/aromatic N) is 3. The lowest BCUT2D eigenvalue weighted by atomic mass is 9.95. The summed E-state index contributed by atoms with van der Waals surface area (Å²) in [6, 6.07) is 16.2. The number of aromatic nitrogens is 2. The molecule has 170 valence electrons. The Hall–Kier alpha value is -4.14. The maximum Gasteiger partial charge on any atom is 0.338 e. The molecular weight excluding hydrogens is 424 g/mol. The van der Waals surface area contributed by atoms with Crippen molar-refractivity contribution in [2.24, 2.45) is 0 Å². The molecule has 0 amide bonds. The van der Waals surface area contributed by atoms with E-state index < -0.39 is 16.9 Å². The van der Waals surface area contributed by atoms with Crippen LogP contribution < -0.4 is 10.9 Å². The van der Waals surface area contributed by atoms with Crippen molar-refractivity contribution in [3.8, 4) is 0 Å². The van der Waals surface area contributed by atoms with Crippen molar-refractivity contribution in [1.82, 2.24) is 9.36 Å². The third kappa shape index (κ3) is 4.30. The Morgan fingerprint density at radius 3 is 2.55 bits per heavy atom. The van der Waals surface area contributed by atoms with Gasteiger partial charge in [0.25, 0.3) is 11.2 Å². The van der Waals surface area contributed by atoms with Crippen molar-refractivity contribution < 1.29 is 14.5 Å². The Balaban J connectivity index is 1.93. The maximum atomic E-state index is 13.2. The molecule has 33 heavy (non-hydrogen) atoms. The third-order valence-corrected chi connectivity index (χ3v) is 5.39. The zero-order valence-corrected chi connectivity index (χ0v) is 18.5. The minimum atomic E-state index is -0.793. The fourth-order valence-corrected chi connectivity index (χ4v) is 4.02. The molecule has 9 nitrogen and oxygen atoms in total. The zero-order valence-electron chi connectivity index (χ0n) is 18.5. The molecule has 1 aliphatic rings. The summed E-state index contributed by atoms with van der Waals surface area (Å²) in [7, 11) is 0. The summed E-state index contributed by atoms with van der Waals surface area (Å²) < 4.78 is 8.70. The molecule has 1 aliphatic heterocycles. The van der Waals surface area contributed by atoms with E-state index in [2.05, 4.69) is 5.32 Å².